The molecular weight excluding hydrogens is 196 g/mol. The number of nitrogens with one attached hydrogen (secondary N) is 1. The molecule has 1 fully saturated rings. The van der Waals surface area contributed by atoms with Gasteiger partial charge in [0.25, 0.3) is 0 Å². The van der Waals surface area contributed by atoms with Gasteiger partial charge in [-0.3, -0.25) is 0 Å². The van der Waals surface area contributed by atoms with Gasteiger partial charge in [-0.25, -0.2) is 0 Å². The van der Waals surface area contributed by atoms with Crippen molar-refractivity contribution in [2.24, 2.45) is 5.92 Å². The number of hydrogen-bond acceptors (Lipinski definition) is 2. The van der Waals surface area contributed by atoms with Gasteiger partial charge >= 0.3 is 0 Å². The predicted octanol–water partition coefficient (Wildman–Crippen LogP) is 2.89. The average Bonchev–Trinajstić information content (AvgIpc) is 2.31. The second-order valence-corrected chi connectivity index (χ2v) is 5.31. The fourth-order valence-electron chi connectivity index (χ4n) is 2.66. The maximum absolute atomic E-state index is 3.63. The number of hydrogen-bond donors (Lipinski definition) is 1. The molecule has 1 atom stereocenters. The lowest BCUT2D eigenvalue weighted by atomic mass is 10.00. The van der Waals surface area contributed by atoms with Crippen LogP contribution in [0, 0.1) is 5.92 Å². The highest BCUT2D eigenvalue weighted by Gasteiger charge is 2.17. The van der Waals surface area contributed by atoms with Crippen LogP contribution in [0.4, 0.5) is 0 Å². The zero-order chi connectivity index (χ0) is 11.8. The van der Waals surface area contributed by atoms with Crippen molar-refractivity contribution in [2.75, 3.05) is 26.7 Å². The first-order valence-corrected chi connectivity index (χ1v) is 7.18. The first-order valence-electron chi connectivity index (χ1n) is 7.18. The van der Waals surface area contributed by atoms with Crippen LogP contribution in [0.15, 0.2) is 0 Å². The zero-order valence-corrected chi connectivity index (χ0v) is 11.5. The Balaban J connectivity index is 2.05. The highest BCUT2D eigenvalue weighted by atomic mass is 15.1. The van der Waals surface area contributed by atoms with E-state index in [0.717, 1.165) is 12.0 Å². The van der Waals surface area contributed by atoms with Crippen LogP contribution in [0.3, 0.4) is 0 Å². The molecule has 0 bridgehead atoms. The van der Waals surface area contributed by atoms with E-state index in [1.807, 2.05) is 0 Å². The Bertz CT molecular complexity index is 166. The van der Waals surface area contributed by atoms with Crippen LogP contribution >= 0.6 is 0 Å². The van der Waals surface area contributed by atoms with E-state index in [0.29, 0.717) is 0 Å². The molecule has 0 radical (unpaired) electrons. The van der Waals surface area contributed by atoms with E-state index in [1.165, 1.54) is 58.2 Å². The number of piperidine rings is 1. The lowest BCUT2D eigenvalue weighted by Gasteiger charge is -2.32. The number of nitrogens with zero attached hydrogens (tertiary/aromatic N) is 1. The normalized spacial score (nSPS) is 22.9. The van der Waals surface area contributed by atoms with Gasteiger partial charge < -0.3 is 10.2 Å². The topological polar surface area (TPSA) is 15.3 Å². The van der Waals surface area contributed by atoms with Gasteiger partial charge in [0, 0.05) is 6.04 Å². The smallest absolute Gasteiger partial charge is 0.0104 e. The van der Waals surface area contributed by atoms with Crippen LogP contribution in [0.25, 0.3) is 0 Å². The second-order valence-electron chi connectivity index (χ2n) is 5.31. The lowest BCUT2D eigenvalue weighted by molar-refractivity contribution is 0.175. The van der Waals surface area contributed by atoms with Gasteiger partial charge in [-0.15, -0.1) is 0 Å². The molecule has 0 aromatic carbocycles. The molecule has 0 amide bonds. The van der Waals surface area contributed by atoms with Crippen molar-refractivity contribution >= 4 is 0 Å². The highest BCUT2D eigenvalue weighted by molar-refractivity contribution is 4.75. The fraction of sp³-hybridized carbons (Fsp3) is 1.00. The van der Waals surface area contributed by atoms with Gasteiger partial charge in [-0.2, -0.15) is 0 Å². The molecule has 16 heavy (non-hydrogen) atoms. The van der Waals surface area contributed by atoms with Gasteiger partial charge in [0.1, 0.15) is 0 Å². The van der Waals surface area contributed by atoms with E-state index in [9.17, 15) is 0 Å². The maximum atomic E-state index is 3.63. The Hall–Kier alpha value is -0.0800. The van der Waals surface area contributed by atoms with Crippen molar-refractivity contribution in [2.45, 2.75) is 58.4 Å². The minimum atomic E-state index is 0.836. The predicted molar refractivity (Wildman–Crippen MR) is 71.8 cm³/mol. The van der Waals surface area contributed by atoms with E-state index < -0.39 is 0 Å². The average molecular weight is 226 g/mol. The van der Waals surface area contributed by atoms with Crippen LogP contribution in [-0.2, 0) is 0 Å². The molecule has 1 aliphatic rings. The van der Waals surface area contributed by atoms with Gasteiger partial charge in [0.2, 0.25) is 0 Å². The van der Waals surface area contributed by atoms with Gasteiger partial charge in [0.15, 0.2) is 0 Å². The van der Waals surface area contributed by atoms with Crippen LogP contribution in [-0.4, -0.2) is 37.6 Å². The first-order chi connectivity index (χ1) is 7.77. The summed E-state index contributed by atoms with van der Waals surface area (Å²) in [5.74, 6) is 0.879. The number of rotatable bonds is 7. The number of likely N-dealkylation sites (tertiary alicyclic amines) is 1. The Kier molecular flexibility index (Phi) is 7.06. The van der Waals surface area contributed by atoms with Crippen molar-refractivity contribution in [3.05, 3.63) is 0 Å². The zero-order valence-electron chi connectivity index (χ0n) is 11.5. The summed E-state index contributed by atoms with van der Waals surface area (Å²) in [6.07, 6.45) is 8.19. The molecule has 1 rings (SSSR count). The Labute approximate surface area is 102 Å². The van der Waals surface area contributed by atoms with E-state index in [-0.39, 0.29) is 0 Å². The summed E-state index contributed by atoms with van der Waals surface area (Å²) in [6.45, 7) is 8.31. The van der Waals surface area contributed by atoms with Crippen LogP contribution < -0.4 is 5.32 Å². The molecule has 0 aromatic heterocycles. The minimum Gasteiger partial charge on any atom is -0.316 e. The monoisotopic (exact) mass is 226 g/mol. The molecule has 1 unspecified atom stereocenters. The van der Waals surface area contributed by atoms with Crippen molar-refractivity contribution in [1.29, 1.82) is 0 Å². The van der Waals surface area contributed by atoms with Crippen LogP contribution in [0.5, 0.6) is 0 Å². The third-order valence-electron chi connectivity index (χ3n) is 4.16. The van der Waals surface area contributed by atoms with Crippen molar-refractivity contribution in [3.63, 3.8) is 0 Å². The van der Waals surface area contributed by atoms with Crippen LogP contribution in [0.1, 0.15) is 52.4 Å². The summed E-state index contributed by atoms with van der Waals surface area (Å²) in [5, 5.41) is 3.63. The Morgan fingerprint density at radius 1 is 1.25 bits per heavy atom. The first kappa shape index (κ1) is 14.0. The summed E-state index contributed by atoms with van der Waals surface area (Å²) in [6, 6.07) is 0.836. The van der Waals surface area contributed by atoms with E-state index in [4.69, 9.17) is 0 Å². The minimum absolute atomic E-state index is 0.836. The SMILES string of the molecule is CCC(CC)CNCCC1CCCCN1C. The molecule has 0 saturated carbocycles. The van der Waals surface area contributed by atoms with Crippen molar-refractivity contribution < 1.29 is 0 Å². The van der Waals surface area contributed by atoms with Gasteiger partial charge in [-0.05, 0) is 51.9 Å². The highest BCUT2D eigenvalue weighted by Crippen LogP contribution is 2.17. The second kappa shape index (κ2) is 8.08. The molecule has 1 N–H and O–H groups in total. The third-order valence-corrected chi connectivity index (χ3v) is 4.16. The molecule has 1 saturated heterocycles. The lowest BCUT2D eigenvalue weighted by Crippen LogP contribution is -2.38. The Morgan fingerprint density at radius 3 is 2.62 bits per heavy atom. The molecule has 96 valence electrons. The van der Waals surface area contributed by atoms with E-state index >= 15 is 0 Å². The van der Waals surface area contributed by atoms with E-state index in [2.05, 4.69) is 31.1 Å². The largest absolute Gasteiger partial charge is 0.316 e. The quantitative estimate of drug-likeness (QED) is 0.672. The molecular formula is C14H30N2. The molecule has 2 nitrogen and oxygen atoms in total. The molecule has 1 aliphatic heterocycles. The molecule has 0 spiro atoms. The van der Waals surface area contributed by atoms with Gasteiger partial charge in [-0.1, -0.05) is 33.1 Å². The molecule has 2 heteroatoms. The summed E-state index contributed by atoms with van der Waals surface area (Å²) < 4.78 is 0. The molecule has 0 aliphatic carbocycles. The fourth-order valence-corrected chi connectivity index (χ4v) is 2.66. The standard InChI is InChI=1S/C14H30N2/c1-4-13(5-2)12-15-10-9-14-8-6-7-11-16(14)3/h13-15H,4-12H2,1-3H3. The Morgan fingerprint density at radius 2 is 2.00 bits per heavy atom. The summed E-state index contributed by atoms with van der Waals surface area (Å²) in [4.78, 5) is 2.54. The van der Waals surface area contributed by atoms with Gasteiger partial charge in [0.05, 0.1) is 0 Å². The van der Waals surface area contributed by atoms with Crippen LogP contribution in [0.2, 0.25) is 0 Å². The molecule has 1 heterocycles. The van der Waals surface area contributed by atoms with E-state index in [1.54, 1.807) is 0 Å². The third kappa shape index (κ3) is 4.84. The maximum Gasteiger partial charge on any atom is 0.0104 e. The summed E-state index contributed by atoms with van der Waals surface area (Å²) in [7, 11) is 2.28. The van der Waals surface area contributed by atoms with Crippen molar-refractivity contribution in [1.82, 2.24) is 10.2 Å². The summed E-state index contributed by atoms with van der Waals surface area (Å²) in [5.41, 5.74) is 0. The van der Waals surface area contributed by atoms with Crippen molar-refractivity contribution in [3.8, 4) is 0 Å². The molecule has 0 aromatic rings. The summed E-state index contributed by atoms with van der Waals surface area (Å²) >= 11 is 0.